The highest BCUT2D eigenvalue weighted by Gasteiger charge is 2.40. The number of likely N-dealkylation sites (tertiary alicyclic amines) is 2. The first kappa shape index (κ1) is 22.7. The highest BCUT2D eigenvalue weighted by atomic mass is 35.5. The zero-order valence-electron chi connectivity index (χ0n) is 17.0. The van der Waals surface area contributed by atoms with Crippen LogP contribution in [0.1, 0.15) is 51.0 Å². The summed E-state index contributed by atoms with van der Waals surface area (Å²) in [4.78, 5) is 29.7. The number of carbonyl (C=O) groups excluding carboxylic acids is 2. The second-order valence-electron chi connectivity index (χ2n) is 8.45. The van der Waals surface area contributed by atoms with Crippen molar-refractivity contribution < 1.29 is 9.59 Å². The molecule has 5 nitrogen and oxygen atoms in total. The van der Waals surface area contributed by atoms with Crippen molar-refractivity contribution in [2.24, 2.45) is 17.6 Å². The molecule has 2 amide bonds. The number of piperidine rings is 1. The number of rotatable bonds is 6. The van der Waals surface area contributed by atoms with Crippen LogP contribution in [0.25, 0.3) is 0 Å². The normalized spacial score (nSPS) is 23.6. The Hall–Kier alpha value is -1.59. The first-order chi connectivity index (χ1) is 13.0. The fourth-order valence-corrected chi connectivity index (χ4v) is 4.54. The number of nitrogens with zero attached hydrogens (tertiary/aromatic N) is 2. The Balaban J connectivity index is 0.00000280. The maximum atomic E-state index is 13.5. The van der Waals surface area contributed by atoms with Crippen LogP contribution in [0.4, 0.5) is 0 Å². The van der Waals surface area contributed by atoms with Crippen LogP contribution in [0.5, 0.6) is 0 Å². The lowest BCUT2D eigenvalue weighted by Gasteiger charge is -2.36. The summed E-state index contributed by atoms with van der Waals surface area (Å²) in [6.07, 6.45) is 3.23. The van der Waals surface area contributed by atoms with E-state index in [1.807, 2.05) is 28.0 Å². The molecule has 2 aliphatic heterocycles. The molecule has 1 aromatic rings. The van der Waals surface area contributed by atoms with Gasteiger partial charge in [0.05, 0.1) is 0 Å². The Morgan fingerprint density at radius 3 is 2.50 bits per heavy atom. The van der Waals surface area contributed by atoms with Crippen LogP contribution in [0.3, 0.4) is 0 Å². The smallest absolute Gasteiger partial charge is 0.245 e. The van der Waals surface area contributed by atoms with Crippen molar-refractivity contribution in [3.05, 3.63) is 35.9 Å². The molecular weight excluding hydrogens is 374 g/mol. The summed E-state index contributed by atoms with van der Waals surface area (Å²) in [7, 11) is 0. The van der Waals surface area contributed by atoms with Gasteiger partial charge in [-0.25, -0.2) is 0 Å². The Bertz CT molecular complexity index is 652. The van der Waals surface area contributed by atoms with Crippen LogP contribution >= 0.6 is 12.4 Å². The van der Waals surface area contributed by atoms with E-state index in [1.54, 1.807) is 0 Å². The molecule has 0 aromatic heterocycles. The Morgan fingerprint density at radius 2 is 1.89 bits per heavy atom. The van der Waals surface area contributed by atoms with Crippen LogP contribution in [0.2, 0.25) is 0 Å². The molecular formula is C22H34ClN3O2. The van der Waals surface area contributed by atoms with E-state index in [0.29, 0.717) is 38.5 Å². The third kappa shape index (κ3) is 5.06. The molecule has 2 heterocycles. The van der Waals surface area contributed by atoms with Crippen molar-refractivity contribution in [1.29, 1.82) is 0 Å². The summed E-state index contributed by atoms with van der Waals surface area (Å²) in [6, 6.07) is 10.0. The maximum Gasteiger partial charge on any atom is 0.245 e. The number of nitrogens with two attached hydrogens (primary N) is 1. The van der Waals surface area contributed by atoms with Gasteiger partial charge in [0.1, 0.15) is 6.04 Å². The molecule has 28 heavy (non-hydrogen) atoms. The van der Waals surface area contributed by atoms with E-state index in [1.165, 1.54) is 5.56 Å². The SMILES string of the molecule is CC(C)CC(C(=O)N1C[C@@H](CN)[C@H](c2ccccc2)C1)N1CCCCC1=O.Cl. The first-order valence-electron chi connectivity index (χ1n) is 10.3. The standard InChI is InChI=1S/C22H33N3O2.ClH/c1-16(2)12-20(25-11-7-6-10-21(25)26)22(27)24-14-18(13-23)19(15-24)17-8-4-3-5-9-17;/h3-5,8-9,16,18-20H,6-7,10-15,23H2,1-2H3;1H/t18-,19+,20?;/m1./s1. The van der Waals surface area contributed by atoms with Gasteiger partial charge < -0.3 is 15.5 Å². The minimum atomic E-state index is -0.328. The van der Waals surface area contributed by atoms with Crippen molar-refractivity contribution in [1.82, 2.24) is 9.80 Å². The largest absolute Gasteiger partial charge is 0.340 e. The van der Waals surface area contributed by atoms with Crippen molar-refractivity contribution >= 4 is 24.2 Å². The quantitative estimate of drug-likeness (QED) is 0.788. The predicted molar refractivity (Wildman–Crippen MR) is 114 cm³/mol. The van der Waals surface area contributed by atoms with E-state index in [9.17, 15) is 9.59 Å². The second-order valence-corrected chi connectivity index (χ2v) is 8.45. The average Bonchev–Trinajstić information content (AvgIpc) is 3.11. The van der Waals surface area contributed by atoms with Gasteiger partial charge in [-0.2, -0.15) is 0 Å². The Labute approximate surface area is 175 Å². The summed E-state index contributed by atoms with van der Waals surface area (Å²) in [6.45, 7) is 6.90. The maximum absolute atomic E-state index is 13.5. The van der Waals surface area contributed by atoms with Gasteiger partial charge in [0.15, 0.2) is 0 Å². The van der Waals surface area contributed by atoms with Crippen molar-refractivity contribution in [3.63, 3.8) is 0 Å². The van der Waals surface area contributed by atoms with Crippen molar-refractivity contribution in [2.75, 3.05) is 26.2 Å². The molecule has 156 valence electrons. The Morgan fingerprint density at radius 1 is 1.18 bits per heavy atom. The van der Waals surface area contributed by atoms with Crippen LogP contribution in [0.15, 0.2) is 30.3 Å². The molecule has 1 unspecified atom stereocenters. The number of benzene rings is 1. The first-order valence-corrected chi connectivity index (χ1v) is 10.3. The van der Waals surface area contributed by atoms with Gasteiger partial charge in [0.2, 0.25) is 11.8 Å². The van der Waals surface area contributed by atoms with Gasteiger partial charge in [-0.3, -0.25) is 9.59 Å². The van der Waals surface area contributed by atoms with E-state index in [0.717, 1.165) is 19.3 Å². The molecule has 1 aromatic carbocycles. The topological polar surface area (TPSA) is 66.6 Å². The molecule has 3 rings (SSSR count). The molecule has 0 saturated carbocycles. The molecule has 6 heteroatoms. The minimum absolute atomic E-state index is 0. The van der Waals surface area contributed by atoms with E-state index < -0.39 is 0 Å². The highest BCUT2D eigenvalue weighted by Crippen LogP contribution is 2.33. The lowest BCUT2D eigenvalue weighted by Crippen LogP contribution is -2.52. The lowest BCUT2D eigenvalue weighted by molar-refractivity contribution is -0.147. The number of carbonyl (C=O) groups is 2. The zero-order chi connectivity index (χ0) is 19.4. The average molecular weight is 408 g/mol. The molecule has 2 fully saturated rings. The minimum Gasteiger partial charge on any atom is -0.340 e. The summed E-state index contributed by atoms with van der Waals surface area (Å²) in [5, 5.41) is 0. The molecule has 0 aliphatic carbocycles. The van der Waals surface area contributed by atoms with Gasteiger partial charge in [-0.15, -0.1) is 12.4 Å². The van der Waals surface area contributed by atoms with Gasteiger partial charge in [0, 0.05) is 32.0 Å². The Kier molecular flexibility index (Phi) is 8.32. The fourth-order valence-electron chi connectivity index (χ4n) is 4.54. The van der Waals surface area contributed by atoms with Crippen molar-refractivity contribution in [2.45, 2.75) is 51.5 Å². The summed E-state index contributed by atoms with van der Waals surface area (Å²) >= 11 is 0. The molecule has 2 saturated heterocycles. The van der Waals surface area contributed by atoms with Crippen LogP contribution in [-0.2, 0) is 9.59 Å². The molecule has 2 aliphatic rings. The zero-order valence-corrected chi connectivity index (χ0v) is 17.9. The summed E-state index contributed by atoms with van der Waals surface area (Å²) in [5.74, 6) is 1.15. The number of hydrogen-bond acceptors (Lipinski definition) is 3. The van der Waals surface area contributed by atoms with E-state index in [-0.39, 0.29) is 42.1 Å². The molecule has 3 atom stereocenters. The summed E-state index contributed by atoms with van der Waals surface area (Å²) in [5.41, 5.74) is 7.29. The van der Waals surface area contributed by atoms with E-state index in [2.05, 4.69) is 26.0 Å². The van der Waals surface area contributed by atoms with Crippen molar-refractivity contribution in [3.8, 4) is 0 Å². The number of amides is 2. The third-order valence-corrected chi connectivity index (χ3v) is 6.00. The van der Waals surface area contributed by atoms with Gasteiger partial charge in [0.25, 0.3) is 0 Å². The predicted octanol–water partition coefficient (Wildman–Crippen LogP) is 3.04. The second kappa shape index (κ2) is 10.3. The lowest BCUT2D eigenvalue weighted by atomic mass is 9.89. The highest BCUT2D eigenvalue weighted by molar-refractivity contribution is 5.88. The van der Waals surface area contributed by atoms with Gasteiger partial charge in [-0.05, 0) is 43.2 Å². The summed E-state index contributed by atoms with van der Waals surface area (Å²) < 4.78 is 0. The monoisotopic (exact) mass is 407 g/mol. The van der Waals surface area contributed by atoms with Crippen LogP contribution in [-0.4, -0.2) is 53.8 Å². The number of hydrogen-bond donors (Lipinski definition) is 1. The van der Waals surface area contributed by atoms with Gasteiger partial charge in [-0.1, -0.05) is 44.2 Å². The van der Waals surface area contributed by atoms with Crippen LogP contribution in [0, 0.1) is 11.8 Å². The molecule has 0 bridgehead atoms. The van der Waals surface area contributed by atoms with Gasteiger partial charge >= 0.3 is 0 Å². The van der Waals surface area contributed by atoms with E-state index >= 15 is 0 Å². The van der Waals surface area contributed by atoms with Crippen LogP contribution < -0.4 is 5.73 Å². The third-order valence-electron chi connectivity index (χ3n) is 6.00. The van der Waals surface area contributed by atoms with E-state index in [4.69, 9.17) is 5.73 Å². The molecule has 0 spiro atoms. The fraction of sp³-hybridized carbons (Fsp3) is 0.636. The molecule has 2 N–H and O–H groups in total. The molecule has 0 radical (unpaired) electrons. The number of halogens is 1.